The van der Waals surface area contributed by atoms with Crippen LogP contribution in [0.5, 0.6) is 0 Å². The number of benzene rings is 2. The van der Waals surface area contributed by atoms with E-state index in [-0.39, 0.29) is 24.0 Å². The lowest BCUT2D eigenvalue weighted by Gasteiger charge is -2.13. The van der Waals surface area contributed by atoms with Crippen LogP contribution in [0, 0.1) is 0 Å². The van der Waals surface area contributed by atoms with Gasteiger partial charge in [0, 0.05) is 20.8 Å². The Labute approximate surface area is 184 Å². The molecule has 10 heteroatoms. The Hall–Kier alpha value is -2.32. The molecule has 3 aromatic rings. The van der Waals surface area contributed by atoms with Gasteiger partial charge in [-0.2, -0.15) is 0 Å². The van der Waals surface area contributed by atoms with E-state index in [0.717, 1.165) is 4.90 Å². The number of thiophene rings is 1. The Morgan fingerprint density at radius 3 is 2.69 bits per heavy atom. The summed E-state index contributed by atoms with van der Waals surface area (Å²) < 4.78 is 0.713. The predicted octanol–water partition coefficient (Wildman–Crippen LogP) is 5.17. The van der Waals surface area contributed by atoms with Crippen molar-refractivity contribution in [3.63, 3.8) is 0 Å². The van der Waals surface area contributed by atoms with Gasteiger partial charge in [0.15, 0.2) is 0 Å². The molecule has 0 saturated carbocycles. The summed E-state index contributed by atoms with van der Waals surface area (Å²) in [4.78, 5) is 37.7. The van der Waals surface area contributed by atoms with Crippen molar-refractivity contribution in [1.82, 2.24) is 10.2 Å². The summed E-state index contributed by atoms with van der Waals surface area (Å²) in [5, 5.41) is 6.94. The van der Waals surface area contributed by atoms with Gasteiger partial charge in [-0.3, -0.25) is 14.5 Å². The smallest absolute Gasteiger partial charge is 0.324 e. The number of halogens is 3. The molecular weight excluding hydrogens is 457 g/mol. The number of nitrogens with one attached hydrogen (secondary N) is 2. The lowest BCUT2D eigenvalue weighted by molar-refractivity contribution is -0.125. The minimum atomic E-state index is -0.433. The molecule has 0 spiro atoms. The number of nitrogens with zero attached hydrogens (tertiary/aromatic N) is 1. The predicted molar refractivity (Wildman–Crippen MR) is 115 cm³/mol. The number of carbonyl (C=O) groups is 3. The molecule has 0 aliphatic carbocycles. The van der Waals surface area contributed by atoms with Crippen molar-refractivity contribution in [3.05, 3.63) is 61.9 Å². The number of carbonyl (C=O) groups excluding carboxylic acids is 3. The molecule has 0 radical (unpaired) electrons. The quantitative estimate of drug-likeness (QED) is 0.519. The Balaban J connectivity index is 1.57. The van der Waals surface area contributed by atoms with Crippen LogP contribution in [0.15, 0.2) is 36.4 Å². The second-order valence-electron chi connectivity index (χ2n) is 6.30. The van der Waals surface area contributed by atoms with Crippen molar-refractivity contribution < 1.29 is 14.4 Å². The summed E-state index contributed by atoms with van der Waals surface area (Å²) in [6.07, 6.45) is 0. The summed E-state index contributed by atoms with van der Waals surface area (Å²) >= 11 is 19.8. The summed E-state index contributed by atoms with van der Waals surface area (Å²) in [5.74, 6) is -0.687. The number of rotatable bonds is 4. The van der Waals surface area contributed by atoms with Gasteiger partial charge in [-0.1, -0.05) is 46.9 Å². The van der Waals surface area contributed by atoms with Gasteiger partial charge in [0.2, 0.25) is 5.91 Å². The molecule has 6 nitrogen and oxygen atoms in total. The normalized spacial score (nSPS) is 13.8. The van der Waals surface area contributed by atoms with E-state index in [0.29, 0.717) is 36.3 Å². The van der Waals surface area contributed by atoms with E-state index in [4.69, 9.17) is 34.8 Å². The third-order valence-corrected chi connectivity index (χ3v) is 6.46. The van der Waals surface area contributed by atoms with Gasteiger partial charge < -0.3 is 10.6 Å². The molecule has 4 amide bonds. The highest BCUT2D eigenvalue weighted by molar-refractivity contribution is 7.21. The van der Waals surface area contributed by atoms with E-state index in [2.05, 4.69) is 10.6 Å². The molecule has 4 rings (SSSR count). The first-order chi connectivity index (χ1) is 13.8. The van der Waals surface area contributed by atoms with E-state index >= 15 is 0 Å². The first-order valence-corrected chi connectivity index (χ1v) is 10.3. The second kappa shape index (κ2) is 7.84. The van der Waals surface area contributed by atoms with Crippen LogP contribution >= 0.6 is 46.1 Å². The standard InChI is InChI=1S/C19H12Cl3N3O3S/c20-10-5-12(21)15-13(6-10)29-17(16(15)22)18(27)24-11-3-1-2-9(4-11)8-25-14(26)7-23-19(25)28/h1-6H,7-8H2,(H,23,28)(H,24,27). The maximum Gasteiger partial charge on any atom is 0.324 e. The van der Waals surface area contributed by atoms with Crippen molar-refractivity contribution in [2.45, 2.75) is 6.54 Å². The highest BCUT2D eigenvalue weighted by Gasteiger charge is 2.28. The Morgan fingerprint density at radius 2 is 1.97 bits per heavy atom. The largest absolute Gasteiger partial charge is 0.329 e. The molecule has 1 aliphatic rings. The summed E-state index contributed by atoms with van der Waals surface area (Å²) in [7, 11) is 0. The Morgan fingerprint density at radius 1 is 1.17 bits per heavy atom. The van der Waals surface area contributed by atoms with E-state index < -0.39 is 11.9 Å². The van der Waals surface area contributed by atoms with Gasteiger partial charge in [-0.15, -0.1) is 11.3 Å². The maximum absolute atomic E-state index is 12.8. The molecule has 0 unspecified atom stereocenters. The van der Waals surface area contributed by atoms with Crippen molar-refractivity contribution in [3.8, 4) is 0 Å². The molecular formula is C19H12Cl3N3O3S. The molecule has 2 heterocycles. The zero-order valence-electron chi connectivity index (χ0n) is 14.6. The molecule has 29 heavy (non-hydrogen) atoms. The van der Waals surface area contributed by atoms with Crippen molar-refractivity contribution >= 4 is 79.8 Å². The number of fused-ring (bicyclic) bond motifs is 1. The van der Waals surface area contributed by atoms with Crippen LogP contribution < -0.4 is 10.6 Å². The lowest BCUT2D eigenvalue weighted by atomic mass is 10.2. The Kier molecular flexibility index (Phi) is 5.40. The average Bonchev–Trinajstić information content (AvgIpc) is 3.16. The lowest BCUT2D eigenvalue weighted by Crippen LogP contribution is -2.30. The van der Waals surface area contributed by atoms with Crippen LogP contribution in [0.1, 0.15) is 15.2 Å². The van der Waals surface area contributed by atoms with E-state index in [1.165, 1.54) is 11.3 Å². The van der Waals surface area contributed by atoms with E-state index in [9.17, 15) is 14.4 Å². The Bertz CT molecular complexity index is 1160. The molecule has 2 aromatic carbocycles. The number of urea groups is 1. The summed E-state index contributed by atoms with van der Waals surface area (Å²) in [6.45, 7) is 0.110. The molecule has 2 N–H and O–H groups in total. The third-order valence-electron chi connectivity index (χ3n) is 4.32. The highest BCUT2D eigenvalue weighted by Crippen LogP contribution is 2.41. The molecule has 148 valence electrons. The zero-order valence-corrected chi connectivity index (χ0v) is 17.7. The van der Waals surface area contributed by atoms with Crippen LogP contribution in [-0.4, -0.2) is 29.3 Å². The molecule has 1 aliphatic heterocycles. The van der Waals surface area contributed by atoms with Gasteiger partial charge in [0.25, 0.3) is 5.91 Å². The van der Waals surface area contributed by atoms with E-state index in [1.54, 1.807) is 36.4 Å². The fourth-order valence-corrected chi connectivity index (χ4v) is 5.26. The fourth-order valence-electron chi connectivity index (χ4n) is 2.99. The molecule has 1 aromatic heterocycles. The van der Waals surface area contributed by atoms with Crippen LogP contribution in [-0.2, 0) is 11.3 Å². The van der Waals surface area contributed by atoms with Gasteiger partial charge >= 0.3 is 6.03 Å². The second-order valence-corrected chi connectivity index (χ2v) is 8.57. The van der Waals surface area contributed by atoms with Crippen molar-refractivity contribution in [2.75, 3.05) is 11.9 Å². The topological polar surface area (TPSA) is 78.5 Å². The minimum Gasteiger partial charge on any atom is -0.329 e. The monoisotopic (exact) mass is 467 g/mol. The van der Waals surface area contributed by atoms with E-state index in [1.807, 2.05) is 0 Å². The third kappa shape index (κ3) is 3.91. The van der Waals surface area contributed by atoms with Gasteiger partial charge in [0.1, 0.15) is 4.88 Å². The van der Waals surface area contributed by atoms with Gasteiger partial charge in [-0.25, -0.2) is 4.79 Å². The maximum atomic E-state index is 12.8. The first-order valence-electron chi connectivity index (χ1n) is 8.39. The summed E-state index contributed by atoms with van der Waals surface area (Å²) in [6, 6.07) is 9.74. The van der Waals surface area contributed by atoms with Crippen LogP contribution in [0.3, 0.4) is 0 Å². The first kappa shape index (κ1) is 20.0. The number of anilines is 1. The number of hydrogen-bond acceptors (Lipinski definition) is 4. The SMILES string of the molecule is O=C(Nc1cccc(CN2C(=O)CNC2=O)c1)c1sc2cc(Cl)cc(Cl)c2c1Cl. The van der Waals surface area contributed by atoms with Crippen molar-refractivity contribution in [2.24, 2.45) is 0 Å². The summed E-state index contributed by atoms with van der Waals surface area (Å²) in [5.41, 5.74) is 1.21. The molecule has 1 saturated heterocycles. The minimum absolute atomic E-state index is 0.00767. The van der Waals surface area contributed by atoms with Crippen LogP contribution in [0.2, 0.25) is 15.1 Å². The van der Waals surface area contributed by atoms with Gasteiger partial charge in [-0.05, 0) is 29.8 Å². The molecule has 1 fully saturated rings. The van der Waals surface area contributed by atoms with Crippen LogP contribution in [0.4, 0.5) is 10.5 Å². The molecule has 0 bridgehead atoms. The molecule has 0 atom stereocenters. The highest BCUT2D eigenvalue weighted by atomic mass is 35.5. The van der Waals surface area contributed by atoms with Crippen LogP contribution in [0.25, 0.3) is 10.1 Å². The number of imide groups is 1. The van der Waals surface area contributed by atoms with Crippen molar-refractivity contribution in [1.29, 1.82) is 0 Å². The fraction of sp³-hybridized carbons (Fsp3) is 0.105. The number of amides is 4. The van der Waals surface area contributed by atoms with Gasteiger partial charge in [0.05, 0.1) is 23.1 Å². The number of hydrogen-bond donors (Lipinski definition) is 2. The average molecular weight is 469 g/mol. The zero-order chi connectivity index (χ0) is 20.7.